The number of aliphatic hydroxyl groups is 1. The highest BCUT2D eigenvalue weighted by atomic mass is 28.4. The van der Waals surface area contributed by atoms with E-state index in [1.807, 2.05) is 0 Å². The molecule has 0 heterocycles. The SMILES string of the molecule is C=C[C@]1(O[Si](C)(C)C(C)(C)C)C[C@@]1(C(=O)OC)C(C)(C)O. The van der Waals surface area contributed by atoms with Gasteiger partial charge in [0, 0.05) is 6.42 Å². The summed E-state index contributed by atoms with van der Waals surface area (Å²) in [5.74, 6) is -0.436. The van der Waals surface area contributed by atoms with E-state index in [1.165, 1.54) is 7.11 Å². The summed E-state index contributed by atoms with van der Waals surface area (Å²) in [5, 5.41) is 10.6. The van der Waals surface area contributed by atoms with Gasteiger partial charge >= 0.3 is 5.97 Å². The Labute approximate surface area is 129 Å². The monoisotopic (exact) mass is 314 g/mol. The lowest BCUT2D eigenvalue weighted by atomic mass is 9.84. The quantitative estimate of drug-likeness (QED) is 0.481. The molecule has 0 aliphatic heterocycles. The van der Waals surface area contributed by atoms with E-state index >= 15 is 0 Å². The molecule has 1 saturated carbocycles. The predicted octanol–water partition coefficient (Wildman–Crippen LogP) is 3.27. The minimum atomic E-state index is -2.12. The summed E-state index contributed by atoms with van der Waals surface area (Å²) in [5.41, 5.74) is -3.16. The third kappa shape index (κ3) is 2.60. The van der Waals surface area contributed by atoms with Gasteiger partial charge in [0.1, 0.15) is 5.41 Å². The van der Waals surface area contributed by atoms with Crippen molar-refractivity contribution in [3.8, 4) is 0 Å². The average molecular weight is 314 g/mol. The first-order valence-electron chi connectivity index (χ1n) is 7.35. The molecule has 21 heavy (non-hydrogen) atoms. The summed E-state index contributed by atoms with van der Waals surface area (Å²) >= 11 is 0. The number of carbonyl (C=O) groups is 1. The van der Waals surface area contributed by atoms with Crippen molar-refractivity contribution in [1.82, 2.24) is 0 Å². The van der Waals surface area contributed by atoms with Gasteiger partial charge in [-0.2, -0.15) is 0 Å². The highest BCUT2D eigenvalue weighted by molar-refractivity contribution is 6.74. The average Bonchev–Trinajstić information content (AvgIpc) is 2.96. The van der Waals surface area contributed by atoms with Crippen LogP contribution in [0.1, 0.15) is 41.0 Å². The Morgan fingerprint density at radius 2 is 1.76 bits per heavy atom. The van der Waals surface area contributed by atoms with Crippen LogP contribution >= 0.6 is 0 Å². The topological polar surface area (TPSA) is 55.8 Å². The van der Waals surface area contributed by atoms with Crippen LogP contribution in [0.3, 0.4) is 0 Å². The second-order valence-corrected chi connectivity index (χ2v) is 12.8. The van der Waals surface area contributed by atoms with Crippen LogP contribution in [0.5, 0.6) is 0 Å². The fraction of sp³-hybridized carbons (Fsp3) is 0.812. The van der Waals surface area contributed by atoms with E-state index < -0.39 is 30.9 Å². The molecule has 0 amide bonds. The van der Waals surface area contributed by atoms with Crippen LogP contribution in [0, 0.1) is 5.41 Å². The minimum absolute atomic E-state index is 0.00700. The maximum Gasteiger partial charge on any atom is 0.318 e. The Morgan fingerprint density at radius 3 is 2.05 bits per heavy atom. The molecule has 4 nitrogen and oxygen atoms in total. The molecule has 2 atom stereocenters. The van der Waals surface area contributed by atoms with E-state index in [4.69, 9.17) is 9.16 Å². The lowest BCUT2D eigenvalue weighted by Crippen LogP contribution is -2.51. The molecular formula is C16H30O4Si. The summed E-state index contributed by atoms with van der Waals surface area (Å²) in [6.07, 6.45) is 2.08. The zero-order valence-electron chi connectivity index (χ0n) is 14.7. The predicted molar refractivity (Wildman–Crippen MR) is 86.6 cm³/mol. The molecule has 0 aromatic rings. The summed E-state index contributed by atoms with van der Waals surface area (Å²) in [6, 6.07) is 0. The van der Waals surface area contributed by atoms with Crippen molar-refractivity contribution >= 4 is 14.3 Å². The van der Waals surface area contributed by atoms with Crippen molar-refractivity contribution in [3.05, 3.63) is 12.7 Å². The van der Waals surface area contributed by atoms with Crippen LogP contribution in [0.2, 0.25) is 18.1 Å². The van der Waals surface area contributed by atoms with Crippen molar-refractivity contribution in [2.45, 2.75) is 70.4 Å². The maximum atomic E-state index is 12.4. The van der Waals surface area contributed by atoms with E-state index in [0.29, 0.717) is 6.42 Å². The van der Waals surface area contributed by atoms with E-state index in [9.17, 15) is 9.90 Å². The molecule has 0 saturated heterocycles. The summed E-state index contributed by atoms with van der Waals surface area (Å²) < 4.78 is 11.4. The van der Waals surface area contributed by atoms with Gasteiger partial charge in [0.05, 0.1) is 18.3 Å². The third-order valence-electron chi connectivity index (χ3n) is 5.28. The molecule has 1 rings (SSSR count). The molecule has 122 valence electrons. The number of esters is 1. The van der Waals surface area contributed by atoms with Crippen molar-refractivity contribution in [3.63, 3.8) is 0 Å². The first-order chi connectivity index (χ1) is 9.21. The minimum Gasteiger partial charge on any atom is -0.468 e. The summed E-state index contributed by atoms with van der Waals surface area (Å²) in [7, 11) is -0.774. The van der Waals surface area contributed by atoms with Crippen molar-refractivity contribution < 1.29 is 19.1 Å². The number of rotatable bonds is 5. The number of hydrogen-bond acceptors (Lipinski definition) is 4. The molecule has 0 spiro atoms. The van der Waals surface area contributed by atoms with Crippen LogP contribution in [0.15, 0.2) is 12.7 Å². The normalized spacial score (nSPS) is 30.0. The molecule has 0 bridgehead atoms. The molecule has 1 N–H and O–H groups in total. The molecule has 1 fully saturated rings. The van der Waals surface area contributed by atoms with Gasteiger partial charge in [-0.05, 0) is 32.0 Å². The van der Waals surface area contributed by atoms with Crippen LogP contribution in [0.25, 0.3) is 0 Å². The van der Waals surface area contributed by atoms with Crippen LogP contribution in [-0.4, -0.2) is 37.7 Å². The molecule has 0 radical (unpaired) electrons. The van der Waals surface area contributed by atoms with Gasteiger partial charge < -0.3 is 14.3 Å². The first-order valence-corrected chi connectivity index (χ1v) is 10.3. The zero-order valence-corrected chi connectivity index (χ0v) is 15.7. The second kappa shape index (κ2) is 4.93. The molecule has 0 unspecified atom stereocenters. The van der Waals surface area contributed by atoms with Crippen LogP contribution in [0.4, 0.5) is 0 Å². The number of methoxy groups -OCH3 is 1. The number of hydrogen-bond donors (Lipinski definition) is 1. The van der Waals surface area contributed by atoms with E-state index in [0.717, 1.165) is 0 Å². The molecule has 0 aromatic carbocycles. The summed E-state index contributed by atoms with van der Waals surface area (Å²) in [6.45, 7) is 17.8. The number of ether oxygens (including phenoxy) is 1. The molecule has 5 heteroatoms. The molecular weight excluding hydrogens is 284 g/mol. The van der Waals surface area contributed by atoms with E-state index in [2.05, 4.69) is 40.4 Å². The second-order valence-electron chi connectivity index (χ2n) is 8.09. The van der Waals surface area contributed by atoms with Gasteiger partial charge in [0.2, 0.25) is 0 Å². The highest BCUT2D eigenvalue weighted by Crippen LogP contribution is 2.67. The Kier molecular flexibility index (Phi) is 4.32. The first kappa shape index (κ1) is 18.4. The molecule has 1 aliphatic carbocycles. The largest absolute Gasteiger partial charge is 0.468 e. The maximum absolute atomic E-state index is 12.4. The fourth-order valence-electron chi connectivity index (χ4n) is 2.77. The van der Waals surface area contributed by atoms with Gasteiger partial charge in [-0.1, -0.05) is 26.8 Å². The molecule has 1 aliphatic rings. The zero-order chi connectivity index (χ0) is 16.9. The Hall–Kier alpha value is -0.653. The third-order valence-corrected chi connectivity index (χ3v) is 9.76. The fourth-order valence-corrected chi connectivity index (χ4v) is 4.32. The number of carbonyl (C=O) groups excluding carboxylic acids is 1. The molecule has 0 aromatic heterocycles. The van der Waals surface area contributed by atoms with Gasteiger partial charge in [-0.15, -0.1) is 6.58 Å². The Morgan fingerprint density at radius 1 is 1.29 bits per heavy atom. The lowest BCUT2D eigenvalue weighted by Gasteiger charge is -2.41. The Balaban J connectivity index is 3.27. The van der Waals surface area contributed by atoms with E-state index in [-0.39, 0.29) is 5.04 Å². The van der Waals surface area contributed by atoms with Gasteiger partial charge in [0.15, 0.2) is 8.32 Å². The smallest absolute Gasteiger partial charge is 0.318 e. The van der Waals surface area contributed by atoms with Crippen molar-refractivity contribution in [2.24, 2.45) is 5.41 Å². The van der Waals surface area contributed by atoms with Crippen LogP contribution < -0.4 is 0 Å². The lowest BCUT2D eigenvalue weighted by molar-refractivity contribution is -0.161. The highest BCUT2D eigenvalue weighted by Gasteiger charge is 2.79. The van der Waals surface area contributed by atoms with Gasteiger partial charge in [-0.3, -0.25) is 4.79 Å². The Bertz CT molecular complexity index is 444. The van der Waals surface area contributed by atoms with Crippen LogP contribution in [-0.2, 0) is 14.0 Å². The summed E-state index contributed by atoms with van der Waals surface area (Å²) in [4.78, 5) is 12.4. The van der Waals surface area contributed by atoms with Crippen molar-refractivity contribution in [2.75, 3.05) is 7.11 Å². The standard InChI is InChI=1S/C16H30O4Si/c1-10-15(20-21(8,9)13(2,3)4)11-16(15,12(17)19-7)14(5,6)18/h10,18H,1,11H2,2-9H3/t15-,16+/m0/s1. The van der Waals surface area contributed by atoms with Gasteiger partial charge in [-0.25, -0.2) is 0 Å². The van der Waals surface area contributed by atoms with E-state index in [1.54, 1.807) is 19.9 Å². The van der Waals surface area contributed by atoms with Crippen molar-refractivity contribution in [1.29, 1.82) is 0 Å². The van der Waals surface area contributed by atoms with Gasteiger partial charge in [0.25, 0.3) is 0 Å².